The van der Waals surface area contributed by atoms with Crippen molar-refractivity contribution in [1.29, 1.82) is 0 Å². The first-order valence-corrected chi connectivity index (χ1v) is 7.86. The van der Waals surface area contributed by atoms with E-state index >= 15 is 0 Å². The number of rotatable bonds is 2. The second kappa shape index (κ2) is 5.47. The summed E-state index contributed by atoms with van der Waals surface area (Å²) < 4.78 is 4.11. The Labute approximate surface area is 129 Å². The molecular weight excluding hydrogens is 280 g/mol. The zero-order chi connectivity index (χ0) is 14.9. The molecule has 0 N–H and O–H groups in total. The number of hydrogen-bond acceptors (Lipinski definition) is 3. The first-order valence-electron chi connectivity index (χ1n) is 7.86. The number of nitrogens with zero attached hydrogens (tertiary/aromatic N) is 6. The van der Waals surface area contributed by atoms with E-state index in [0.29, 0.717) is 6.54 Å². The van der Waals surface area contributed by atoms with E-state index in [9.17, 15) is 4.79 Å². The summed E-state index contributed by atoms with van der Waals surface area (Å²) in [7, 11) is 0. The predicted molar refractivity (Wildman–Crippen MR) is 80.2 cm³/mol. The molecule has 1 fully saturated rings. The lowest BCUT2D eigenvalue weighted by Gasteiger charge is -2.31. The van der Waals surface area contributed by atoms with Gasteiger partial charge in [0.1, 0.15) is 5.82 Å². The van der Waals surface area contributed by atoms with E-state index < -0.39 is 0 Å². The normalized spacial score (nSPS) is 17.8. The third kappa shape index (κ3) is 2.36. The molecule has 2 aromatic rings. The average molecular weight is 300 g/mol. The first kappa shape index (κ1) is 13.4. The van der Waals surface area contributed by atoms with Crippen LogP contribution in [-0.4, -0.2) is 54.8 Å². The Kier molecular flexibility index (Phi) is 3.32. The lowest BCUT2D eigenvalue weighted by atomic mass is 10.3. The van der Waals surface area contributed by atoms with Gasteiger partial charge in [0.2, 0.25) is 0 Å². The highest BCUT2D eigenvalue weighted by atomic mass is 16.2. The minimum atomic E-state index is 0.167. The molecule has 0 radical (unpaired) electrons. The van der Waals surface area contributed by atoms with Crippen LogP contribution >= 0.6 is 0 Å². The second-order valence-corrected chi connectivity index (χ2v) is 5.92. The van der Waals surface area contributed by atoms with E-state index in [1.54, 1.807) is 6.20 Å². The largest absolute Gasteiger partial charge is 0.327 e. The maximum Gasteiger partial charge on any atom is 0.320 e. The molecule has 2 aromatic heterocycles. The molecule has 0 saturated carbocycles. The summed E-state index contributed by atoms with van der Waals surface area (Å²) in [6.07, 6.45) is 7.89. The van der Waals surface area contributed by atoms with Gasteiger partial charge in [0.25, 0.3) is 0 Å². The summed E-state index contributed by atoms with van der Waals surface area (Å²) >= 11 is 0. The summed E-state index contributed by atoms with van der Waals surface area (Å²) in [6, 6.07) is 2.09. The maximum atomic E-state index is 12.5. The van der Waals surface area contributed by atoms with Crippen LogP contribution in [0.4, 0.5) is 4.79 Å². The highest BCUT2D eigenvalue weighted by molar-refractivity contribution is 5.74. The van der Waals surface area contributed by atoms with Crippen molar-refractivity contribution < 1.29 is 4.79 Å². The molecule has 1 saturated heterocycles. The molecule has 2 aliphatic heterocycles. The van der Waals surface area contributed by atoms with Gasteiger partial charge in [0.05, 0.1) is 25.0 Å². The second-order valence-electron chi connectivity index (χ2n) is 5.92. The lowest BCUT2D eigenvalue weighted by Crippen LogP contribution is -2.45. The molecule has 7 heteroatoms. The van der Waals surface area contributed by atoms with E-state index in [4.69, 9.17) is 0 Å². The molecular formula is C15H20N6O. The number of carbonyl (C=O) groups excluding carboxylic acids is 1. The molecule has 0 spiro atoms. The Bertz CT molecular complexity index is 656. The fourth-order valence-electron chi connectivity index (χ4n) is 3.28. The summed E-state index contributed by atoms with van der Waals surface area (Å²) in [4.78, 5) is 20.9. The van der Waals surface area contributed by atoms with E-state index in [1.165, 1.54) is 0 Å². The third-order valence-corrected chi connectivity index (χ3v) is 4.48. The van der Waals surface area contributed by atoms with Crippen LogP contribution in [0.15, 0.2) is 24.7 Å². The molecule has 2 aliphatic rings. The molecule has 22 heavy (non-hydrogen) atoms. The summed E-state index contributed by atoms with van der Waals surface area (Å²) in [5.41, 5.74) is 1.15. The number of likely N-dealkylation sites (tertiary alicyclic amines) is 1. The van der Waals surface area contributed by atoms with E-state index in [-0.39, 0.29) is 6.03 Å². The zero-order valence-corrected chi connectivity index (χ0v) is 12.6. The minimum Gasteiger partial charge on any atom is -0.327 e. The number of fused-ring (bicyclic) bond motifs is 1. The molecule has 0 aromatic carbocycles. The minimum absolute atomic E-state index is 0.167. The van der Waals surface area contributed by atoms with Gasteiger partial charge >= 0.3 is 6.03 Å². The zero-order valence-electron chi connectivity index (χ0n) is 12.6. The molecule has 116 valence electrons. The Morgan fingerprint density at radius 3 is 2.77 bits per heavy atom. The van der Waals surface area contributed by atoms with Gasteiger partial charge in [-0.25, -0.2) is 9.78 Å². The average Bonchev–Trinajstić information content (AvgIpc) is 3.29. The number of amides is 2. The van der Waals surface area contributed by atoms with E-state index in [2.05, 4.69) is 14.6 Å². The van der Waals surface area contributed by atoms with Crippen molar-refractivity contribution in [3.8, 4) is 0 Å². The smallest absolute Gasteiger partial charge is 0.320 e. The van der Waals surface area contributed by atoms with E-state index in [0.717, 1.165) is 57.1 Å². The Balaban J connectivity index is 1.48. The topological polar surface area (TPSA) is 59.2 Å². The van der Waals surface area contributed by atoms with Crippen molar-refractivity contribution in [2.24, 2.45) is 0 Å². The Morgan fingerprint density at radius 1 is 1.14 bits per heavy atom. The van der Waals surface area contributed by atoms with Crippen LogP contribution in [0.3, 0.4) is 0 Å². The summed E-state index contributed by atoms with van der Waals surface area (Å²) in [5, 5.41) is 4.24. The number of hydrogen-bond donors (Lipinski definition) is 0. The number of carbonyl (C=O) groups is 1. The summed E-state index contributed by atoms with van der Waals surface area (Å²) in [6.45, 7) is 4.69. The number of imidazole rings is 1. The van der Waals surface area contributed by atoms with Crippen LogP contribution < -0.4 is 0 Å². The van der Waals surface area contributed by atoms with Gasteiger partial charge in [0.15, 0.2) is 0 Å². The standard InChI is InChI=1S/C15H20N6O/c22-15(18-5-1-2-6-18)19-8-9-21-13(10-16-14(21)12-19)11-20-7-3-4-17-20/h3-4,7,10H,1-2,5-6,8-9,11-12H2. The van der Waals surface area contributed by atoms with Gasteiger partial charge < -0.3 is 14.4 Å². The fourth-order valence-corrected chi connectivity index (χ4v) is 3.28. The number of aromatic nitrogens is 4. The van der Waals surface area contributed by atoms with Crippen molar-refractivity contribution in [3.05, 3.63) is 36.2 Å². The molecule has 7 nitrogen and oxygen atoms in total. The monoisotopic (exact) mass is 300 g/mol. The van der Waals surface area contributed by atoms with Crippen LogP contribution in [0, 0.1) is 0 Å². The van der Waals surface area contributed by atoms with Gasteiger partial charge in [-0.05, 0) is 18.9 Å². The van der Waals surface area contributed by atoms with Gasteiger partial charge in [-0.15, -0.1) is 0 Å². The van der Waals surface area contributed by atoms with Crippen molar-refractivity contribution in [2.45, 2.75) is 32.5 Å². The van der Waals surface area contributed by atoms with Gasteiger partial charge in [-0.1, -0.05) is 0 Å². The molecule has 2 amide bonds. The van der Waals surface area contributed by atoms with Crippen LogP contribution in [0.5, 0.6) is 0 Å². The first-order chi connectivity index (χ1) is 10.8. The molecule has 0 aliphatic carbocycles. The SMILES string of the molecule is O=C(N1CCCC1)N1CCn2c(Cn3cccn3)cnc2C1. The Morgan fingerprint density at radius 2 is 2.00 bits per heavy atom. The molecule has 4 heterocycles. The van der Waals surface area contributed by atoms with Gasteiger partial charge in [-0.2, -0.15) is 5.10 Å². The third-order valence-electron chi connectivity index (χ3n) is 4.48. The molecule has 0 atom stereocenters. The molecule has 0 unspecified atom stereocenters. The highest BCUT2D eigenvalue weighted by Gasteiger charge is 2.28. The van der Waals surface area contributed by atoms with Crippen LogP contribution in [0.1, 0.15) is 24.4 Å². The Hall–Kier alpha value is -2.31. The van der Waals surface area contributed by atoms with Crippen LogP contribution in [0.2, 0.25) is 0 Å². The maximum absolute atomic E-state index is 12.5. The van der Waals surface area contributed by atoms with Gasteiger partial charge in [0, 0.05) is 38.6 Å². The van der Waals surface area contributed by atoms with Crippen molar-refractivity contribution in [2.75, 3.05) is 19.6 Å². The van der Waals surface area contributed by atoms with Crippen LogP contribution in [0.25, 0.3) is 0 Å². The van der Waals surface area contributed by atoms with E-state index in [1.807, 2.05) is 32.9 Å². The lowest BCUT2D eigenvalue weighted by molar-refractivity contribution is 0.148. The molecule has 4 rings (SSSR count). The fraction of sp³-hybridized carbons (Fsp3) is 0.533. The van der Waals surface area contributed by atoms with Crippen LogP contribution in [-0.2, 0) is 19.6 Å². The molecule has 0 bridgehead atoms. The van der Waals surface area contributed by atoms with Crippen molar-refractivity contribution >= 4 is 6.03 Å². The number of urea groups is 1. The summed E-state index contributed by atoms with van der Waals surface area (Å²) in [5.74, 6) is 0.973. The quantitative estimate of drug-likeness (QED) is 0.836. The van der Waals surface area contributed by atoms with Crippen molar-refractivity contribution in [3.63, 3.8) is 0 Å². The highest BCUT2D eigenvalue weighted by Crippen LogP contribution is 2.18. The van der Waals surface area contributed by atoms with Crippen molar-refractivity contribution in [1.82, 2.24) is 29.1 Å². The predicted octanol–water partition coefficient (Wildman–Crippen LogP) is 1.16. The van der Waals surface area contributed by atoms with Gasteiger partial charge in [-0.3, -0.25) is 4.68 Å².